The molecule has 0 aliphatic heterocycles. The summed E-state index contributed by atoms with van der Waals surface area (Å²) in [4.78, 5) is 0. The van der Waals surface area contributed by atoms with Crippen molar-refractivity contribution < 1.29 is 43.2 Å². The summed E-state index contributed by atoms with van der Waals surface area (Å²) in [5, 5.41) is -0.268. The van der Waals surface area contributed by atoms with Crippen LogP contribution in [0, 0.1) is 0 Å². The highest BCUT2D eigenvalue weighted by Gasteiger charge is 2.63. The van der Waals surface area contributed by atoms with Crippen LogP contribution in [-0.4, -0.2) is 27.9 Å². The van der Waals surface area contributed by atoms with E-state index in [1.807, 2.05) is 0 Å². The Morgan fingerprint density at radius 1 is 0.680 bits per heavy atom. The molecule has 25 heavy (non-hydrogen) atoms. The van der Waals surface area contributed by atoms with Crippen molar-refractivity contribution in [1.82, 2.24) is 0 Å². The predicted octanol–water partition coefficient (Wildman–Crippen LogP) is 3.71. The Hall–Kier alpha value is -1.82. The van der Waals surface area contributed by atoms with Gasteiger partial charge in [0.1, 0.15) is 0 Å². The topological polar surface area (TPSA) is 68.3 Å². The Morgan fingerprint density at radius 3 is 1.60 bits per heavy atom. The molecule has 0 atom stereocenters. The van der Waals surface area contributed by atoms with Crippen LogP contribution < -0.4 is 0 Å². The zero-order valence-corrected chi connectivity index (χ0v) is 13.5. The van der Waals surface area contributed by atoms with Gasteiger partial charge in [-0.25, -0.2) is 16.8 Å². The van der Waals surface area contributed by atoms with Crippen LogP contribution in [0.2, 0.25) is 0 Å². The molecule has 2 rings (SSSR count). The highest BCUT2D eigenvalue weighted by atomic mass is 32.3. The van der Waals surface area contributed by atoms with E-state index in [2.05, 4.69) is 0 Å². The Morgan fingerprint density at radius 2 is 1.12 bits per heavy atom. The Labute approximate surface area is 137 Å². The number of halogens is 6. The van der Waals surface area contributed by atoms with Crippen LogP contribution in [0.1, 0.15) is 10.1 Å². The highest BCUT2D eigenvalue weighted by Crippen LogP contribution is 2.46. The van der Waals surface area contributed by atoms with Gasteiger partial charge in [-0.15, -0.1) is 0 Å². The predicted molar refractivity (Wildman–Crippen MR) is 76.6 cm³/mol. The molecular formula is C13H8F6O4S2. The number of fused-ring (bicyclic) bond motifs is 1. The van der Waals surface area contributed by atoms with Gasteiger partial charge in [0.05, 0.1) is 0 Å². The van der Waals surface area contributed by atoms with Crippen LogP contribution in [0.3, 0.4) is 0 Å². The summed E-state index contributed by atoms with van der Waals surface area (Å²) in [5.74, 6) is 0. The molecule has 0 aliphatic rings. The number of alkyl halides is 6. The number of sulfone groups is 2. The molecule has 0 fully saturated rings. The van der Waals surface area contributed by atoms with Crippen molar-refractivity contribution in [3.05, 3.63) is 48.0 Å². The number of rotatable bonds is 3. The van der Waals surface area contributed by atoms with Gasteiger partial charge in [-0.1, -0.05) is 42.5 Å². The fraction of sp³-hybridized carbons (Fsp3) is 0.231. The number of benzene rings is 2. The van der Waals surface area contributed by atoms with Crippen LogP contribution in [0.5, 0.6) is 0 Å². The smallest absolute Gasteiger partial charge is 0.218 e. The van der Waals surface area contributed by atoms with E-state index in [-0.39, 0.29) is 10.8 Å². The second-order valence-electron chi connectivity index (χ2n) is 4.88. The standard InChI is InChI=1S/C13H8F6O4S2/c14-12(15,16)24(20,21)11(25(22,23)13(17,18)19)10-7-3-5-8-4-1-2-6-9(8)10/h1-7,11H. The summed E-state index contributed by atoms with van der Waals surface area (Å²) >= 11 is 0. The molecule has 2 aromatic rings. The van der Waals surface area contributed by atoms with Gasteiger partial charge in [0.15, 0.2) is 0 Å². The molecule has 0 bridgehead atoms. The summed E-state index contributed by atoms with van der Waals surface area (Å²) in [6.07, 6.45) is 0. The first-order valence-electron chi connectivity index (χ1n) is 6.29. The van der Waals surface area contributed by atoms with Crippen LogP contribution >= 0.6 is 0 Å². The van der Waals surface area contributed by atoms with E-state index in [9.17, 15) is 43.2 Å². The fourth-order valence-electron chi connectivity index (χ4n) is 2.20. The second-order valence-corrected chi connectivity index (χ2v) is 9.23. The molecule has 0 radical (unpaired) electrons. The number of hydrogen-bond acceptors (Lipinski definition) is 4. The van der Waals surface area contributed by atoms with Crippen molar-refractivity contribution in [2.75, 3.05) is 0 Å². The molecular weight excluding hydrogens is 398 g/mol. The molecule has 138 valence electrons. The van der Waals surface area contributed by atoms with E-state index in [0.717, 1.165) is 12.1 Å². The first-order chi connectivity index (χ1) is 11.2. The zero-order chi connectivity index (χ0) is 19.3. The Bertz CT molecular complexity index is 957. The molecule has 0 aliphatic carbocycles. The Kier molecular flexibility index (Phi) is 4.58. The maximum absolute atomic E-state index is 12.9. The van der Waals surface area contributed by atoms with Gasteiger partial charge >= 0.3 is 11.0 Å². The van der Waals surface area contributed by atoms with Crippen molar-refractivity contribution in [3.8, 4) is 0 Å². The van der Waals surface area contributed by atoms with E-state index in [0.29, 0.717) is 6.07 Å². The minimum Gasteiger partial charge on any atom is -0.218 e. The monoisotopic (exact) mass is 406 g/mol. The lowest BCUT2D eigenvalue weighted by atomic mass is 10.1. The summed E-state index contributed by atoms with van der Waals surface area (Å²) in [5.41, 5.74) is -13.5. The van der Waals surface area contributed by atoms with Crippen LogP contribution in [0.25, 0.3) is 10.8 Å². The van der Waals surface area contributed by atoms with Gasteiger partial charge in [-0.05, 0) is 16.3 Å². The molecule has 0 unspecified atom stereocenters. The third-order valence-electron chi connectivity index (χ3n) is 3.29. The van der Waals surface area contributed by atoms with E-state index >= 15 is 0 Å². The van der Waals surface area contributed by atoms with Crippen LogP contribution in [0.4, 0.5) is 26.3 Å². The number of hydrogen-bond donors (Lipinski definition) is 0. The first kappa shape index (κ1) is 19.5. The largest absolute Gasteiger partial charge is 0.499 e. The molecule has 0 aromatic heterocycles. The van der Waals surface area contributed by atoms with Gasteiger partial charge in [0.25, 0.3) is 19.7 Å². The van der Waals surface area contributed by atoms with Gasteiger partial charge in [0, 0.05) is 0 Å². The maximum Gasteiger partial charge on any atom is 0.499 e. The van der Waals surface area contributed by atoms with Crippen LogP contribution in [-0.2, 0) is 19.7 Å². The lowest BCUT2D eigenvalue weighted by molar-refractivity contribution is -0.0472. The van der Waals surface area contributed by atoms with Crippen molar-refractivity contribution >= 4 is 30.4 Å². The SMILES string of the molecule is O=S(=O)(C(c1cccc2ccccc12)S(=O)(=O)C(F)(F)F)C(F)(F)F. The first-order valence-corrected chi connectivity index (χ1v) is 9.38. The van der Waals surface area contributed by atoms with Gasteiger partial charge in [-0.2, -0.15) is 26.3 Å². The van der Waals surface area contributed by atoms with E-state index < -0.39 is 40.8 Å². The minimum absolute atomic E-state index is 0.0831. The van der Waals surface area contributed by atoms with E-state index in [1.165, 1.54) is 24.3 Å². The molecule has 0 heterocycles. The quantitative estimate of drug-likeness (QED) is 0.729. The van der Waals surface area contributed by atoms with E-state index in [4.69, 9.17) is 0 Å². The van der Waals surface area contributed by atoms with Gasteiger partial charge in [-0.3, -0.25) is 0 Å². The summed E-state index contributed by atoms with van der Waals surface area (Å²) in [6, 6.07) is 7.82. The summed E-state index contributed by atoms with van der Waals surface area (Å²) in [6.45, 7) is 0. The fourth-order valence-corrected chi connectivity index (χ4v) is 5.75. The van der Waals surface area contributed by atoms with Crippen molar-refractivity contribution in [1.29, 1.82) is 0 Å². The summed E-state index contributed by atoms with van der Waals surface area (Å²) < 4.78 is 120. The molecule has 0 amide bonds. The van der Waals surface area contributed by atoms with Crippen molar-refractivity contribution in [2.45, 2.75) is 15.6 Å². The molecule has 0 spiro atoms. The van der Waals surface area contributed by atoms with Crippen molar-refractivity contribution in [2.24, 2.45) is 0 Å². The molecule has 0 saturated carbocycles. The van der Waals surface area contributed by atoms with Gasteiger partial charge < -0.3 is 0 Å². The zero-order valence-electron chi connectivity index (χ0n) is 11.8. The van der Waals surface area contributed by atoms with Crippen molar-refractivity contribution in [3.63, 3.8) is 0 Å². The minimum atomic E-state index is -6.73. The molecule has 12 heteroatoms. The average Bonchev–Trinajstić information content (AvgIpc) is 2.45. The van der Waals surface area contributed by atoms with Crippen LogP contribution in [0.15, 0.2) is 42.5 Å². The third-order valence-corrected chi connectivity index (χ3v) is 7.73. The summed E-state index contributed by atoms with van der Waals surface area (Å²) in [7, 11) is -13.5. The molecule has 4 nitrogen and oxygen atoms in total. The third kappa shape index (κ3) is 3.19. The second kappa shape index (κ2) is 5.87. The lowest BCUT2D eigenvalue weighted by Crippen LogP contribution is -2.39. The molecule has 2 aromatic carbocycles. The normalized spacial score (nSPS) is 14.2. The average molecular weight is 406 g/mol. The lowest BCUT2D eigenvalue weighted by Gasteiger charge is -2.22. The highest BCUT2D eigenvalue weighted by molar-refractivity contribution is 8.09. The molecule has 0 saturated heterocycles. The van der Waals surface area contributed by atoms with Gasteiger partial charge in [0.2, 0.25) is 4.58 Å². The Balaban J connectivity index is 2.96. The maximum atomic E-state index is 12.9. The molecule has 0 N–H and O–H groups in total. The van der Waals surface area contributed by atoms with E-state index in [1.54, 1.807) is 0 Å².